The van der Waals surface area contributed by atoms with E-state index in [1.807, 2.05) is 4.57 Å². The maximum Gasteiger partial charge on any atom is 0.223 e. The number of aromatic hydroxyl groups is 1. The lowest BCUT2D eigenvalue weighted by atomic mass is 10.0. The third kappa shape index (κ3) is 2.80. The summed E-state index contributed by atoms with van der Waals surface area (Å²) in [6.45, 7) is 4.94. The first-order valence-electron chi connectivity index (χ1n) is 6.01. The van der Waals surface area contributed by atoms with Gasteiger partial charge in [-0.25, -0.2) is 0 Å². The molecule has 0 aliphatic carbocycles. The van der Waals surface area contributed by atoms with Gasteiger partial charge in [0.1, 0.15) is 0 Å². The average molecular weight is 243 g/mol. The Bertz CT molecular complexity index is 614. The van der Waals surface area contributed by atoms with Gasteiger partial charge in [0.15, 0.2) is 5.75 Å². The standard InChI is InChI=1S/C15H17NO2/c1-11-3-4-13(9-12(11)2)5-7-16-8-6-14(17)15(18)10-16/h3-4,6,8-10,18H,5,7H2,1-2H3. The minimum atomic E-state index is -0.336. The van der Waals surface area contributed by atoms with Crippen LogP contribution in [0.25, 0.3) is 0 Å². The third-order valence-corrected chi connectivity index (χ3v) is 3.19. The second kappa shape index (κ2) is 5.08. The monoisotopic (exact) mass is 243 g/mol. The first-order chi connectivity index (χ1) is 8.56. The van der Waals surface area contributed by atoms with Gasteiger partial charge in [-0.05, 0) is 37.0 Å². The van der Waals surface area contributed by atoms with Crippen molar-refractivity contribution >= 4 is 0 Å². The molecule has 0 aliphatic rings. The molecule has 94 valence electrons. The van der Waals surface area contributed by atoms with E-state index in [4.69, 9.17) is 0 Å². The number of pyridine rings is 1. The number of aryl methyl sites for hydroxylation is 4. The van der Waals surface area contributed by atoms with Gasteiger partial charge in [-0.1, -0.05) is 18.2 Å². The van der Waals surface area contributed by atoms with E-state index in [1.165, 1.54) is 29.0 Å². The van der Waals surface area contributed by atoms with Crippen LogP contribution in [0, 0.1) is 13.8 Å². The summed E-state index contributed by atoms with van der Waals surface area (Å²) in [5.74, 6) is -0.197. The van der Waals surface area contributed by atoms with Gasteiger partial charge in [0.2, 0.25) is 5.43 Å². The van der Waals surface area contributed by atoms with E-state index in [1.54, 1.807) is 6.20 Å². The fraction of sp³-hybridized carbons (Fsp3) is 0.267. The Balaban J connectivity index is 2.09. The Hall–Kier alpha value is -2.03. The van der Waals surface area contributed by atoms with E-state index < -0.39 is 0 Å². The summed E-state index contributed by atoms with van der Waals surface area (Å²) in [5, 5.41) is 9.34. The van der Waals surface area contributed by atoms with Gasteiger partial charge in [-0.3, -0.25) is 4.79 Å². The van der Waals surface area contributed by atoms with E-state index in [9.17, 15) is 9.90 Å². The van der Waals surface area contributed by atoms with Gasteiger partial charge in [-0.15, -0.1) is 0 Å². The molecule has 3 nitrogen and oxygen atoms in total. The van der Waals surface area contributed by atoms with Crippen molar-refractivity contribution in [2.75, 3.05) is 0 Å². The van der Waals surface area contributed by atoms with Crippen molar-refractivity contribution < 1.29 is 5.11 Å². The summed E-state index contributed by atoms with van der Waals surface area (Å²) >= 11 is 0. The molecule has 0 aliphatic heterocycles. The van der Waals surface area contributed by atoms with Crippen molar-refractivity contribution in [3.63, 3.8) is 0 Å². The lowest BCUT2D eigenvalue weighted by Gasteiger charge is -2.08. The fourth-order valence-electron chi connectivity index (χ4n) is 1.87. The number of nitrogens with zero attached hydrogens (tertiary/aromatic N) is 1. The lowest BCUT2D eigenvalue weighted by Crippen LogP contribution is -2.06. The highest BCUT2D eigenvalue weighted by Crippen LogP contribution is 2.11. The van der Waals surface area contributed by atoms with Gasteiger partial charge in [-0.2, -0.15) is 0 Å². The van der Waals surface area contributed by atoms with Crippen LogP contribution in [0.3, 0.4) is 0 Å². The maximum atomic E-state index is 11.1. The van der Waals surface area contributed by atoms with Gasteiger partial charge < -0.3 is 9.67 Å². The molecule has 1 aromatic carbocycles. The molecular weight excluding hydrogens is 226 g/mol. The second-order valence-corrected chi connectivity index (χ2v) is 4.60. The summed E-state index contributed by atoms with van der Waals surface area (Å²) < 4.78 is 1.83. The lowest BCUT2D eigenvalue weighted by molar-refractivity contribution is 0.460. The summed E-state index contributed by atoms with van der Waals surface area (Å²) in [7, 11) is 0. The van der Waals surface area contributed by atoms with E-state index in [0.29, 0.717) is 0 Å². The van der Waals surface area contributed by atoms with Gasteiger partial charge in [0.25, 0.3) is 0 Å². The molecule has 0 fully saturated rings. The summed E-state index contributed by atoms with van der Waals surface area (Å²) in [4.78, 5) is 11.1. The van der Waals surface area contributed by atoms with Crippen LogP contribution in [0.4, 0.5) is 0 Å². The van der Waals surface area contributed by atoms with Crippen LogP contribution in [-0.4, -0.2) is 9.67 Å². The van der Waals surface area contributed by atoms with E-state index in [-0.39, 0.29) is 11.2 Å². The highest BCUT2D eigenvalue weighted by atomic mass is 16.3. The normalized spacial score (nSPS) is 10.6. The molecule has 0 bridgehead atoms. The molecular formula is C15H17NO2. The van der Waals surface area contributed by atoms with Crippen LogP contribution < -0.4 is 5.43 Å². The Morgan fingerprint density at radius 3 is 2.61 bits per heavy atom. The summed E-state index contributed by atoms with van der Waals surface area (Å²) in [5.41, 5.74) is 3.50. The number of rotatable bonds is 3. The fourth-order valence-corrected chi connectivity index (χ4v) is 1.87. The third-order valence-electron chi connectivity index (χ3n) is 3.19. The number of hydrogen-bond donors (Lipinski definition) is 1. The van der Waals surface area contributed by atoms with Gasteiger partial charge in [0, 0.05) is 25.0 Å². The molecule has 18 heavy (non-hydrogen) atoms. The predicted molar refractivity (Wildman–Crippen MR) is 72.0 cm³/mol. The molecule has 2 aromatic rings. The second-order valence-electron chi connectivity index (χ2n) is 4.60. The zero-order valence-corrected chi connectivity index (χ0v) is 10.7. The topological polar surface area (TPSA) is 42.2 Å². The predicted octanol–water partition coefficient (Wildman–Crippen LogP) is 2.41. The van der Waals surface area contributed by atoms with Crippen molar-refractivity contribution in [1.82, 2.24) is 4.57 Å². The molecule has 0 amide bonds. The van der Waals surface area contributed by atoms with Crippen molar-refractivity contribution in [2.24, 2.45) is 0 Å². The highest BCUT2D eigenvalue weighted by Gasteiger charge is 1.99. The average Bonchev–Trinajstić information content (AvgIpc) is 2.35. The van der Waals surface area contributed by atoms with Crippen LogP contribution >= 0.6 is 0 Å². The molecule has 0 saturated carbocycles. The number of benzene rings is 1. The van der Waals surface area contributed by atoms with Crippen LogP contribution in [0.15, 0.2) is 41.5 Å². The van der Waals surface area contributed by atoms with Gasteiger partial charge in [0.05, 0.1) is 0 Å². The number of hydrogen-bond acceptors (Lipinski definition) is 2. The van der Waals surface area contributed by atoms with Crippen LogP contribution in [0.1, 0.15) is 16.7 Å². The molecule has 0 saturated heterocycles. The Kier molecular flexibility index (Phi) is 3.51. The Morgan fingerprint density at radius 2 is 1.94 bits per heavy atom. The Morgan fingerprint density at radius 1 is 1.17 bits per heavy atom. The minimum Gasteiger partial charge on any atom is -0.503 e. The molecule has 0 spiro atoms. The van der Waals surface area contributed by atoms with E-state index in [0.717, 1.165) is 13.0 Å². The maximum absolute atomic E-state index is 11.1. The SMILES string of the molecule is Cc1ccc(CCn2ccc(=O)c(O)c2)cc1C. The smallest absolute Gasteiger partial charge is 0.223 e. The van der Waals surface area contributed by atoms with E-state index >= 15 is 0 Å². The quantitative estimate of drug-likeness (QED) is 0.899. The first kappa shape index (κ1) is 12.4. The van der Waals surface area contributed by atoms with Crippen molar-refractivity contribution in [1.29, 1.82) is 0 Å². The largest absolute Gasteiger partial charge is 0.503 e. The molecule has 0 radical (unpaired) electrons. The van der Waals surface area contributed by atoms with Crippen molar-refractivity contribution in [3.05, 3.63) is 63.6 Å². The van der Waals surface area contributed by atoms with Crippen LogP contribution in [0.5, 0.6) is 5.75 Å². The van der Waals surface area contributed by atoms with Crippen molar-refractivity contribution in [2.45, 2.75) is 26.8 Å². The minimum absolute atomic E-state index is 0.197. The molecule has 3 heteroatoms. The molecule has 0 atom stereocenters. The molecule has 2 rings (SSSR count). The van der Waals surface area contributed by atoms with E-state index in [2.05, 4.69) is 32.0 Å². The molecule has 1 heterocycles. The zero-order chi connectivity index (χ0) is 13.1. The number of aromatic nitrogens is 1. The van der Waals surface area contributed by atoms with Gasteiger partial charge >= 0.3 is 0 Å². The Labute approximate surface area is 106 Å². The van der Waals surface area contributed by atoms with Crippen LogP contribution in [0.2, 0.25) is 0 Å². The van der Waals surface area contributed by atoms with Crippen LogP contribution in [-0.2, 0) is 13.0 Å². The highest BCUT2D eigenvalue weighted by molar-refractivity contribution is 5.30. The van der Waals surface area contributed by atoms with Crippen molar-refractivity contribution in [3.8, 4) is 5.75 Å². The summed E-state index contributed by atoms with van der Waals surface area (Å²) in [6.07, 6.45) is 4.05. The molecule has 0 unspecified atom stereocenters. The molecule has 1 aromatic heterocycles. The molecule has 1 N–H and O–H groups in total. The zero-order valence-electron chi connectivity index (χ0n) is 10.7. The summed E-state index contributed by atoms with van der Waals surface area (Å²) in [6, 6.07) is 7.80. The first-order valence-corrected chi connectivity index (χ1v) is 6.01.